The lowest BCUT2D eigenvalue weighted by atomic mass is 9.60. The zero-order valence-corrected chi connectivity index (χ0v) is 14.0. The van der Waals surface area contributed by atoms with Gasteiger partial charge in [-0.25, -0.2) is 0 Å². The van der Waals surface area contributed by atoms with Crippen molar-refractivity contribution in [1.29, 1.82) is 0 Å². The monoisotopic (exact) mass is 336 g/mol. The molecular weight excluding hydrogens is 312 g/mol. The molecule has 24 heavy (non-hydrogen) atoms. The van der Waals surface area contributed by atoms with Gasteiger partial charge in [-0.1, -0.05) is 18.6 Å². The fourth-order valence-corrected chi connectivity index (χ4v) is 4.15. The first kappa shape index (κ1) is 16.1. The number of rotatable bonds is 6. The van der Waals surface area contributed by atoms with Crippen molar-refractivity contribution in [1.82, 2.24) is 0 Å². The van der Waals surface area contributed by atoms with Gasteiger partial charge in [0.2, 0.25) is 0 Å². The lowest BCUT2D eigenvalue weighted by Crippen LogP contribution is -2.44. The van der Waals surface area contributed by atoms with Gasteiger partial charge in [-0.15, -0.1) is 0 Å². The van der Waals surface area contributed by atoms with E-state index in [2.05, 4.69) is 13.0 Å². The van der Waals surface area contributed by atoms with Crippen LogP contribution >= 0.6 is 0 Å². The van der Waals surface area contributed by atoms with Gasteiger partial charge in [-0.05, 0) is 31.6 Å². The average Bonchev–Trinajstić information content (AvgIpc) is 3.43. The molecule has 6 heteroatoms. The van der Waals surface area contributed by atoms with Crippen molar-refractivity contribution in [3.63, 3.8) is 0 Å². The van der Waals surface area contributed by atoms with Crippen molar-refractivity contribution in [3.05, 3.63) is 11.6 Å². The molecule has 0 radical (unpaired) electrons. The minimum atomic E-state index is -0.587. The molecule has 4 rings (SSSR count). The van der Waals surface area contributed by atoms with Gasteiger partial charge in [0.15, 0.2) is 0 Å². The van der Waals surface area contributed by atoms with Crippen LogP contribution in [0.3, 0.4) is 0 Å². The summed E-state index contributed by atoms with van der Waals surface area (Å²) >= 11 is 0. The number of hydrogen-bond donors (Lipinski definition) is 0. The third-order valence-electron chi connectivity index (χ3n) is 5.33. The molecule has 3 fully saturated rings. The van der Waals surface area contributed by atoms with Crippen LogP contribution in [0.1, 0.15) is 32.6 Å². The summed E-state index contributed by atoms with van der Waals surface area (Å²) in [6.45, 7) is 4.10. The maximum Gasteiger partial charge on any atom is 0.312 e. The van der Waals surface area contributed by atoms with Crippen molar-refractivity contribution in [2.45, 2.75) is 44.8 Å². The van der Waals surface area contributed by atoms with Crippen LogP contribution in [0.4, 0.5) is 0 Å². The van der Waals surface area contributed by atoms with Gasteiger partial charge in [-0.3, -0.25) is 9.59 Å². The molecule has 4 aliphatic rings. The van der Waals surface area contributed by atoms with E-state index in [0.29, 0.717) is 51.6 Å². The SMILES string of the molecule is CC1C=C2CC(C(=O)OCC3CO3)CC(C(=O)OCC3CO3)(C2)C1. The predicted octanol–water partition coefficient (Wildman–Crippen LogP) is 1.62. The van der Waals surface area contributed by atoms with E-state index in [1.807, 2.05) is 0 Å². The summed E-state index contributed by atoms with van der Waals surface area (Å²) in [5.74, 6) is -0.330. The molecule has 0 aromatic heterocycles. The van der Waals surface area contributed by atoms with Crippen molar-refractivity contribution >= 4 is 11.9 Å². The number of allylic oxidation sites excluding steroid dienone is 2. The minimum Gasteiger partial charge on any atom is -0.463 e. The topological polar surface area (TPSA) is 77.7 Å². The fourth-order valence-electron chi connectivity index (χ4n) is 4.15. The Kier molecular flexibility index (Phi) is 4.12. The van der Waals surface area contributed by atoms with E-state index >= 15 is 0 Å². The van der Waals surface area contributed by atoms with Crippen molar-refractivity contribution < 1.29 is 28.5 Å². The Morgan fingerprint density at radius 2 is 1.83 bits per heavy atom. The highest BCUT2D eigenvalue weighted by Gasteiger charge is 2.50. The molecule has 0 aromatic carbocycles. The van der Waals surface area contributed by atoms with Crippen LogP contribution in [0.2, 0.25) is 0 Å². The van der Waals surface area contributed by atoms with Crippen LogP contribution in [0.25, 0.3) is 0 Å². The quantitative estimate of drug-likeness (QED) is 0.417. The third kappa shape index (κ3) is 3.49. The Hall–Kier alpha value is -1.40. The zero-order valence-electron chi connectivity index (χ0n) is 14.0. The number of epoxide rings is 2. The molecule has 2 saturated heterocycles. The van der Waals surface area contributed by atoms with Crippen molar-refractivity contribution in [2.24, 2.45) is 17.3 Å². The fraction of sp³-hybridized carbons (Fsp3) is 0.778. The Balaban J connectivity index is 1.45. The summed E-state index contributed by atoms with van der Waals surface area (Å²) < 4.78 is 21.1. The molecule has 0 aromatic rings. The van der Waals surface area contributed by atoms with Crippen LogP contribution in [0, 0.1) is 17.3 Å². The Labute approximate surface area is 141 Å². The molecule has 5 atom stereocenters. The summed E-state index contributed by atoms with van der Waals surface area (Å²) in [6, 6.07) is 0. The number of esters is 2. The van der Waals surface area contributed by atoms with Crippen LogP contribution in [-0.2, 0) is 28.5 Å². The van der Waals surface area contributed by atoms with E-state index in [9.17, 15) is 9.59 Å². The van der Waals surface area contributed by atoms with Crippen LogP contribution in [0.15, 0.2) is 11.6 Å². The van der Waals surface area contributed by atoms with Crippen LogP contribution in [0.5, 0.6) is 0 Å². The summed E-state index contributed by atoms with van der Waals surface area (Å²) in [5, 5.41) is 0. The summed E-state index contributed by atoms with van der Waals surface area (Å²) in [4.78, 5) is 25.2. The first-order chi connectivity index (χ1) is 11.5. The summed E-state index contributed by atoms with van der Waals surface area (Å²) in [7, 11) is 0. The molecule has 2 aliphatic heterocycles. The normalized spacial score (nSPS) is 39.6. The number of carbonyl (C=O) groups excluding carboxylic acids is 2. The van der Waals surface area contributed by atoms with E-state index in [4.69, 9.17) is 18.9 Å². The third-order valence-corrected chi connectivity index (χ3v) is 5.33. The highest BCUT2D eigenvalue weighted by Crippen LogP contribution is 2.51. The Bertz CT molecular complexity index is 562. The second-order valence-corrected chi connectivity index (χ2v) is 7.71. The van der Waals surface area contributed by atoms with E-state index in [1.54, 1.807) is 0 Å². The smallest absolute Gasteiger partial charge is 0.312 e. The molecule has 132 valence electrons. The highest BCUT2D eigenvalue weighted by molar-refractivity contribution is 5.81. The molecule has 2 bridgehead atoms. The first-order valence-corrected chi connectivity index (χ1v) is 8.81. The summed E-state index contributed by atoms with van der Waals surface area (Å²) in [5.41, 5.74) is 0.598. The van der Waals surface area contributed by atoms with Gasteiger partial charge in [0, 0.05) is 0 Å². The molecule has 5 unspecified atom stereocenters. The Morgan fingerprint density at radius 1 is 1.17 bits per heavy atom. The molecule has 0 spiro atoms. The predicted molar refractivity (Wildman–Crippen MR) is 83.0 cm³/mol. The van der Waals surface area contributed by atoms with E-state index in [1.165, 1.54) is 5.57 Å². The van der Waals surface area contributed by atoms with Gasteiger partial charge >= 0.3 is 11.9 Å². The number of ether oxygens (including phenoxy) is 4. The lowest BCUT2D eigenvalue weighted by molar-refractivity contribution is -0.163. The molecule has 2 heterocycles. The first-order valence-electron chi connectivity index (χ1n) is 8.81. The zero-order chi connectivity index (χ0) is 16.7. The van der Waals surface area contributed by atoms with Crippen LogP contribution in [-0.4, -0.2) is 50.6 Å². The molecule has 0 amide bonds. The van der Waals surface area contributed by atoms with Gasteiger partial charge in [0.05, 0.1) is 24.5 Å². The van der Waals surface area contributed by atoms with Gasteiger partial charge in [0.25, 0.3) is 0 Å². The maximum absolute atomic E-state index is 12.8. The maximum atomic E-state index is 12.8. The number of fused-ring (bicyclic) bond motifs is 2. The second-order valence-electron chi connectivity index (χ2n) is 7.71. The standard InChI is InChI=1S/C18H24O6/c1-11-2-12-3-13(16(19)23-9-14-7-21-14)6-18(4-11,5-12)17(20)24-10-15-8-22-15/h2,11,13-15H,3-10H2,1H3. The average molecular weight is 336 g/mol. The molecule has 0 N–H and O–H groups in total. The molecular formula is C18H24O6. The van der Waals surface area contributed by atoms with Gasteiger partial charge in [0.1, 0.15) is 25.4 Å². The number of hydrogen-bond acceptors (Lipinski definition) is 6. The van der Waals surface area contributed by atoms with Crippen molar-refractivity contribution in [3.8, 4) is 0 Å². The van der Waals surface area contributed by atoms with Gasteiger partial charge in [-0.2, -0.15) is 0 Å². The Morgan fingerprint density at radius 3 is 2.50 bits per heavy atom. The van der Waals surface area contributed by atoms with Crippen LogP contribution < -0.4 is 0 Å². The summed E-state index contributed by atoms with van der Waals surface area (Å²) in [6.07, 6.45) is 4.98. The van der Waals surface area contributed by atoms with E-state index in [0.717, 1.165) is 6.42 Å². The largest absolute Gasteiger partial charge is 0.463 e. The molecule has 1 saturated carbocycles. The molecule has 2 aliphatic carbocycles. The van der Waals surface area contributed by atoms with Crippen molar-refractivity contribution in [2.75, 3.05) is 26.4 Å². The molecule has 6 nitrogen and oxygen atoms in total. The van der Waals surface area contributed by atoms with E-state index in [-0.39, 0.29) is 30.1 Å². The van der Waals surface area contributed by atoms with E-state index < -0.39 is 5.41 Å². The van der Waals surface area contributed by atoms with Gasteiger partial charge < -0.3 is 18.9 Å². The second kappa shape index (κ2) is 6.15. The minimum absolute atomic E-state index is 0.0595. The number of carbonyl (C=O) groups is 2. The highest BCUT2D eigenvalue weighted by atomic mass is 16.6. The lowest BCUT2D eigenvalue weighted by Gasteiger charge is -2.43.